The molecule has 0 saturated carbocycles. The van der Waals surface area contributed by atoms with Crippen molar-refractivity contribution >= 4 is 5.91 Å². The molecule has 0 bridgehead atoms. The molecule has 0 radical (unpaired) electrons. The summed E-state index contributed by atoms with van der Waals surface area (Å²) in [5.41, 5.74) is 2.80. The highest BCUT2D eigenvalue weighted by molar-refractivity contribution is 5.95. The van der Waals surface area contributed by atoms with E-state index in [0.717, 1.165) is 42.9 Å². The van der Waals surface area contributed by atoms with Gasteiger partial charge in [-0.25, -0.2) is 0 Å². The van der Waals surface area contributed by atoms with Crippen LogP contribution < -0.4 is 5.32 Å². The minimum Gasteiger partial charge on any atom is -0.336 e. The van der Waals surface area contributed by atoms with Gasteiger partial charge in [-0.1, -0.05) is 12.1 Å². The zero-order valence-electron chi connectivity index (χ0n) is 11.5. The lowest BCUT2D eigenvalue weighted by Gasteiger charge is -2.27. The van der Waals surface area contributed by atoms with Crippen LogP contribution in [-0.2, 0) is 7.05 Å². The monoisotopic (exact) mass is 270 g/mol. The Bertz CT molecular complexity index is 614. The molecule has 3 rings (SSSR count). The Balaban J connectivity index is 1.85. The second-order valence-corrected chi connectivity index (χ2v) is 5.03. The maximum Gasteiger partial charge on any atom is 0.253 e. The van der Waals surface area contributed by atoms with E-state index in [2.05, 4.69) is 10.4 Å². The predicted molar refractivity (Wildman–Crippen MR) is 77.4 cm³/mol. The van der Waals surface area contributed by atoms with Gasteiger partial charge in [0.15, 0.2) is 0 Å². The van der Waals surface area contributed by atoms with Gasteiger partial charge in [0.05, 0.1) is 6.20 Å². The van der Waals surface area contributed by atoms with Gasteiger partial charge in [0.25, 0.3) is 5.91 Å². The number of hydrogen-bond acceptors (Lipinski definition) is 3. The first kappa shape index (κ1) is 12.9. The van der Waals surface area contributed by atoms with Gasteiger partial charge in [0.2, 0.25) is 0 Å². The number of nitrogens with zero attached hydrogens (tertiary/aromatic N) is 3. The van der Waals surface area contributed by atoms with E-state index in [9.17, 15) is 4.79 Å². The minimum atomic E-state index is 0.109. The minimum absolute atomic E-state index is 0.109. The molecule has 1 N–H and O–H groups in total. The first-order valence-corrected chi connectivity index (χ1v) is 6.83. The molecule has 2 aromatic rings. The Morgan fingerprint density at radius 2 is 2.05 bits per heavy atom. The Morgan fingerprint density at radius 1 is 1.25 bits per heavy atom. The van der Waals surface area contributed by atoms with Crippen molar-refractivity contribution in [3.63, 3.8) is 0 Å². The summed E-state index contributed by atoms with van der Waals surface area (Å²) >= 11 is 0. The molecule has 0 atom stereocenters. The summed E-state index contributed by atoms with van der Waals surface area (Å²) in [7, 11) is 1.89. The fourth-order valence-electron chi connectivity index (χ4n) is 2.45. The highest BCUT2D eigenvalue weighted by Crippen LogP contribution is 2.20. The van der Waals surface area contributed by atoms with E-state index in [0.29, 0.717) is 0 Å². The van der Waals surface area contributed by atoms with Crippen LogP contribution in [0.4, 0.5) is 0 Å². The van der Waals surface area contributed by atoms with Crippen molar-refractivity contribution in [3.05, 3.63) is 42.2 Å². The predicted octanol–water partition coefficient (Wildman–Crippen LogP) is 1.13. The lowest BCUT2D eigenvalue weighted by atomic mass is 10.1. The smallest absolute Gasteiger partial charge is 0.253 e. The molecule has 0 aliphatic carbocycles. The average molecular weight is 270 g/mol. The molecule has 1 aliphatic rings. The van der Waals surface area contributed by atoms with Gasteiger partial charge < -0.3 is 10.2 Å². The zero-order chi connectivity index (χ0) is 13.9. The van der Waals surface area contributed by atoms with Crippen molar-refractivity contribution in [1.29, 1.82) is 0 Å². The van der Waals surface area contributed by atoms with E-state index in [1.54, 1.807) is 4.68 Å². The maximum atomic E-state index is 12.5. The van der Waals surface area contributed by atoms with E-state index in [4.69, 9.17) is 0 Å². The van der Waals surface area contributed by atoms with E-state index in [-0.39, 0.29) is 5.91 Å². The fraction of sp³-hybridized carbons (Fsp3) is 0.333. The molecule has 5 heteroatoms. The Morgan fingerprint density at radius 3 is 2.75 bits per heavy atom. The Hall–Kier alpha value is -2.14. The van der Waals surface area contributed by atoms with Gasteiger partial charge in [0, 0.05) is 50.6 Å². The lowest BCUT2D eigenvalue weighted by molar-refractivity contribution is 0.0736. The fourth-order valence-corrected chi connectivity index (χ4v) is 2.45. The summed E-state index contributed by atoms with van der Waals surface area (Å²) in [4.78, 5) is 14.4. The molecular weight excluding hydrogens is 252 g/mol. The molecule has 1 fully saturated rings. The number of rotatable bonds is 2. The number of carbonyl (C=O) groups excluding carboxylic acids is 1. The van der Waals surface area contributed by atoms with Crippen molar-refractivity contribution in [2.75, 3.05) is 26.2 Å². The molecule has 5 nitrogen and oxygen atoms in total. The molecule has 0 spiro atoms. The van der Waals surface area contributed by atoms with Crippen LogP contribution in [0.25, 0.3) is 11.1 Å². The van der Waals surface area contributed by atoms with Crippen LogP contribution in [0.1, 0.15) is 10.4 Å². The average Bonchev–Trinajstić information content (AvgIpc) is 2.94. The van der Waals surface area contributed by atoms with Crippen LogP contribution in [-0.4, -0.2) is 46.8 Å². The number of nitrogens with one attached hydrogen (secondary N) is 1. The molecule has 1 aromatic carbocycles. The summed E-state index contributed by atoms with van der Waals surface area (Å²) in [6.07, 6.45) is 3.77. The van der Waals surface area contributed by atoms with Crippen molar-refractivity contribution in [2.24, 2.45) is 7.05 Å². The molecular formula is C15H18N4O. The number of hydrogen-bond donors (Lipinski definition) is 1. The zero-order valence-corrected chi connectivity index (χ0v) is 11.5. The van der Waals surface area contributed by atoms with Gasteiger partial charge >= 0.3 is 0 Å². The van der Waals surface area contributed by atoms with Crippen LogP contribution >= 0.6 is 0 Å². The Labute approximate surface area is 118 Å². The SMILES string of the molecule is Cn1cc(-c2cccc(C(=O)N3CCNCC3)c2)cn1. The third-order valence-electron chi connectivity index (χ3n) is 3.55. The molecule has 104 valence electrons. The molecule has 1 saturated heterocycles. The largest absolute Gasteiger partial charge is 0.336 e. The normalized spacial score (nSPS) is 15.3. The number of amides is 1. The summed E-state index contributed by atoms with van der Waals surface area (Å²) in [6.45, 7) is 3.29. The van der Waals surface area contributed by atoms with E-state index >= 15 is 0 Å². The number of piperazine rings is 1. The summed E-state index contributed by atoms with van der Waals surface area (Å²) in [5.74, 6) is 0.109. The molecule has 20 heavy (non-hydrogen) atoms. The highest BCUT2D eigenvalue weighted by atomic mass is 16.2. The molecule has 2 heterocycles. The van der Waals surface area contributed by atoms with Gasteiger partial charge in [-0.15, -0.1) is 0 Å². The van der Waals surface area contributed by atoms with Crippen molar-refractivity contribution < 1.29 is 4.79 Å². The summed E-state index contributed by atoms with van der Waals surface area (Å²) in [6, 6.07) is 7.76. The van der Waals surface area contributed by atoms with Crippen molar-refractivity contribution in [2.45, 2.75) is 0 Å². The van der Waals surface area contributed by atoms with Gasteiger partial charge in [-0.2, -0.15) is 5.10 Å². The van der Waals surface area contributed by atoms with Crippen LogP contribution in [0.15, 0.2) is 36.7 Å². The number of aryl methyl sites for hydroxylation is 1. The van der Waals surface area contributed by atoms with E-state index in [1.165, 1.54) is 0 Å². The van der Waals surface area contributed by atoms with Crippen molar-refractivity contribution in [1.82, 2.24) is 20.0 Å². The maximum absolute atomic E-state index is 12.5. The van der Waals surface area contributed by atoms with Crippen LogP contribution in [0.3, 0.4) is 0 Å². The quantitative estimate of drug-likeness (QED) is 0.890. The van der Waals surface area contributed by atoms with Gasteiger partial charge in [0.1, 0.15) is 0 Å². The Kier molecular flexibility index (Phi) is 3.52. The summed E-state index contributed by atoms with van der Waals surface area (Å²) in [5, 5.41) is 7.43. The van der Waals surface area contributed by atoms with Crippen molar-refractivity contribution in [3.8, 4) is 11.1 Å². The topological polar surface area (TPSA) is 50.2 Å². The number of carbonyl (C=O) groups is 1. The standard InChI is InChI=1S/C15H18N4O/c1-18-11-14(10-17-18)12-3-2-4-13(9-12)15(20)19-7-5-16-6-8-19/h2-4,9-11,16H,5-8H2,1H3. The molecule has 1 amide bonds. The first-order valence-electron chi connectivity index (χ1n) is 6.83. The highest BCUT2D eigenvalue weighted by Gasteiger charge is 2.18. The third-order valence-corrected chi connectivity index (χ3v) is 3.55. The second-order valence-electron chi connectivity index (χ2n) is 5.03. The van der Waals surface area contributed by atoms with Crippen LogP contribution in [0, 0.1) is 0 Å². The lowest BCUT2D eigenvalue weighted by Crippen LogP contribution is -2.46. The van der Waals surface area contributed by atoms with E-state index in [1.807, 2.05) is 48.6 Å². The molecule has 0 unspecified atom stereocenters. The summed E-state index contributed by atoms with van der Waals surface area (Å²) < 4.78 is 1.76. The number of aromatic nitrogens is 2. The molecule has 1 aliphatic heterocycles. The van der Waals surface area contributed by atoms with Crippen LogP contribution in [0.2, 0.25) is 0 Å². The third kappa shape index (κ3) is 2.58. The van der Waals surface area contributed by atoms with Crippen LogP contribution in [0.5, 0.6) is 0 Å². The second kappa shape index (κ2) is 5.46. The van der Waals surface area contributed by atoms with Gasteiger partial charge in [-0.3, -0.25) is 9.48 Å². The van der Waals surface area contributed by atoms with Gasteiger partial charge in [-0.05, 0) is 17.7 Å². The molecule has 1 aromatic heterocycles. The first-order chi connectivity index (χ1) is 9.74. The number of benzene rings is 1. The van der Waals surface area contributed by atoms with E-state index < -0.39 is 0 Å².